The number of phenols is 1. The minimum Gasteiger partial charge on any atom is -0.508 e. The van der Waals surface area contributed by atoms with Crippen LogP contribution in [0, 0.1) is 0 Å². The predicted octanol–water partition coefficient (Wildman–Crippen LogP) is 2.01. The van der Waals surface area contributed by atoms with E-state index in [0.29, 0.717) is 29.5 Å². The smallest absolute Gasteiger partial charge is 0.278 e. The monoisotopic (exact) mass is 268 g/mol. The summed E-state index contributed by atoms with van der Waals surface area (Å²) < 4.78 is 5.17. The van der Waals surface area contributed by atoms with E-state index in [9.17, 15) is 5.11 Å². The van der Waals surface area contributed by atoms with Gasteiger partial charge in [-0.2, -0.15) is 4.98 Å². The van der Waals surface area contributed by atoms with Gasteiger partial charge in [0.15, 0.2) is 11.5 Å². The summed E-state index contributed by atoms with van der Waals surface area (Å²) in [5.74, 6) is 1.07. The van der Waals surface area contributed by atoms with E-state index in [2.05, 4.69) is 15.1 Å². The molecule has 3 rings (SSSR count). The van der Waals surface area contributed by atoms with Gasteiger partial charge in [0.25, 0.3) is 5.89 Å². The van der Waals surface area contributed by atoms with Crippen LogP contribution < -0.4 is 5.73 Å². The molecule has 0 radical (unpaired) electrons. The molecule has 6 nitrogen and oxygen atoms in total. The second-order valence-electron chi connectivity index (χ2n) is 4.30. The van der Waals surface area contributed by atoms with E-state index in [1.54, 1.807) is 42.6 Å². The van der Waals surface area contributed by atoms with Crippen LogP contribution in [0.3, 0.4) is 0 Å². The van der Waals surface area contributed by atoms with Gasteiger partial charge in [0.2, 0.25) is 0 Å². The van der Waals surface area contributed by atoms with Gasteiger partial charge in [-0.25, -0.2) is 4.98 Å². The second-order valence-corrected chi connectivity index (χ2v) is 4.30. The van der Waals surface area contributed by atoms with E-state index in [1.165, 1.54) is 0 Å². The number of phenolic OH excluding ortho intramolecular Hbond substituents is 1. The maximum atomic E-state index is 9.23. The summed E-state index contributed by atoms with van der Waals surface area (Å²) in [6.45, 7) is 0. The molecule has 0 saturated heterocycles. The van der Waals surface area contributed by atoms with Crippen LogP contribution in [0.25, 0.3) is 11.6 Å². The van der Waals surface area contributed by atoms with Crippen LogP contribution in [0.2, 0.25) is 0 Å². The van der Waals surface area contributed by atoms with Crippen molar-refractivity contribution in [2.45, 2.75) is 6.42 Å². The number of pyridine rings is 1. The second kappa shape index (κ2) is 5.00. The van der Waals surface area contributed by atoms with E-state index in [0.717, 1.165) is 5.56 Å². The summed E-state index contributed by atoms with van der Waals surface area (Å²) in [6.07, 6.45) is 2.13. The molecule has 0 amide bonds. The highest BCUT2D eigenvalue weighted by molar-refractivity contribution is 5.65. The predicted molar refractivity (Wildman–Crippen MR) is 72.9 cm³/mol. The average molecular weight is 268 g/mol. The molecule has 0 spiro atoms. The highest BCUT2D eigenvalue weighted by Crippen LogP contribution is 2.21. The number of benzene rings is 1. The molecule has 0 unspecified atom stereocenters. The molecule has 0 atom stereocenters. The van der Waals surface area contributed by atoms with Crippen molar-refractivity contribution in [3.8, 4) is 17.3 Å². The van der Waals surface area contributed by atoms with E-state index in [-0.39, 0.29) is 5.75 Å². The van der Waals surface area contributed by atoms with Crippen molar-refractivity contribution in [3.63, 3.8) is 0 Å². The summed E-state index contributed by atoms with van der Waals surface area (Å²) >= 11 is 0. The number of rotatable bonds is 3. The van der Waals surface area contributed by atoms with Crippen molar-refractivity contribution in [1.82, 2.24) is 15.1 Å². The number of aromatic nitrogens is 3. The van der Waals surface area contributed by atoms with Gasteiger partial charge in [0, 0.05) is 12.6 Å². The number of hydrogen-bond acceptors (Lipinski definition) is 6. The van der Waals surface area contributed by atoms with Crippen LogP contribution in [-0.4, -0.2) is 20.2 Å². The van der Waals surface area contributed by atoms with E-state index >= 15 is 0 Å². The molecule has 0 aliphatic rings. The van der Waals surface area contributed by atoms with Gasteiger partial charge in [0.05, 0.1) is 5.69 Å². The fourth-order valence-electron chi connectivity index (χ4n) is 1.81. The summed E-state index contributed by atoms with van der Waals surface area (Å²) in [6, 6.07) is 10.3. The van der Waals surface area contributed by atoms with Crippen LogP contribution in [0.15, 0.2) is 47.1 Å². The molecule has 2 heterocycles. The standard InChI is InChI=1S/C14H12N4O2/c15-11-2-1-7-16-13(11)14-17-12(18-20-14)8-9-3-5-10(19)6-4-9/h1-7,19H,8,15H2. The third-order valence-corrected chi connectivity index (χ3v) is 2.81. The van der Waals surface area contributed by atoms with Crippen LogP contribution in [0.4, 0.5) is 5.69 Å². The van der Waals surface area contributed by atoms with Gasteiger partial charge in [-0.05, 0) is 29.8 Å². The quantitative estimate of drug-likeness (QED) is 0.754. The third-order valence-electron chi connectivity index (χ3n) is 2.81. The minimum atomic E-state index is 0.226. The SMILES string of the molecule is Nc1cccnc1-c1nc(Cc2ccc(O)cc2)no1. The maximum absolute atomic E-state index is 9.23. The molecule has 0 aliphatic heterocycles. The summed E-state index contributed by atoms with van der Waals surface area (Å²) in [5.41, 5.74) is 7.77. The third kappa shape index (κ3) is 2.44. The van der Waals surface area contributed by atoms with Gasteiger partial charge in [0.1, 0.15) is 5.75 Å². The fraction of sp³-hybridized carbons (Fsp3) is 0.0714. The first-order chi connectivity index (χ1) is 9.72. The van der Waals surface area contributed by atoms with Crippen LogP contribution in [-0.2, 0) is 6.42 Å². The largest absolute Gasteiger partial charge is 0.508 e. The molecule has 3 N–H and O–H groups in total. The van der Waals surface area contributed by atoms with Crippen molar-refractivity contribution in [2.75, 3.05) is 5.73 Å². The van der Waals surface area contributed by atoms with Gasteiger partial charge in [-0.15, -0.1) is 0 Å². The molecule has 0 aliphatic carbocycles. The Morgan fingerprint density at radius 1 is 1.15 bits per heavy atom. The zero-order valence-corrected chi connectivity index (χ0v) is 10.5. The molecule has 0 saturated carbocycles. The number of nitrogens with zero attached hydrogens (tertiary/aromatic N) is 3. The fourth-order valence-corrected chi connectivity index (χ4v) is 1.81. The Morgan fingerprint density at radius 3 is 2.70 bits per heavy atom. The van der Waals surface area contributed by atoms with Crippen molar-refractivity contribution in [3.05, 3.63) is 54.0 Å². The lowest BCUT2D eigenvalue weighted by Gasteiger charge is -1.97. The lowest BCUT2D eigenvalue weighted by atomic mass is 10.1. The van der Waals surface area contributed by atoms with E-state index < -0.39 is 0 Å². The topological polar surface area (TPSA) is 98.1 Å². The Labute approximate surface area is 114 Å². The van der Waals surface area contributed by atoms with Crippen molar-refractivity contribution in [2.24, 2.45) is 0 Å². The lowest BCUT2D eigenvalue weighted by molar-refractivity contribution is 0.423. The number of anilines is 1. The van der Waals surface area contributed by atoms with Crippen LogP contribution in [0.5, 0.6) is 5.75 Å². The first-order valence-corrected chi connectivity index (χ1v) is 6.04. The summed E-state index contributed by atoms with van der Waals surface area (Å²) in [7, 11) is 0. The van der Waals surface area contributed by atoms with E-state index in [1.807, 2.05) is 0 Å². The van der Waals surface area contributed by atoms with Crippen molar-refractivity contribution < 1.29 is 9.63 Å². The van der Waals surface area contributed by atoms with Crippen molar-refractivity contribution in [1.29, 1.82) is 0 Å². The first kappa shape index (κ1) is 12.2. The molecule has 100 valence electrons. The normalized spacial score (nSPS) is 10.6. The van der Waals surface area contributed by atoms with Gasteiger partial charge in [-0.1, -0.05) is 17.3 Å². The highest BCUT2D eigenvalue weighted by Gasteiger charge is 2.12. The highest BCUT2D eigenvalue weighted by atomic mass is 16.5. The summed E-state index contributed by atoms with van der Waals surface area (Å²) in [4.78, 5) is 8.40. The maximum Gasteiger partial charge on any atom is 0.278 e. The van der Waals surface area contributed by atoms with Crippen LogP contribution >= 0.6 is 0 Å². The van der Waals surface area contributed by atoms with Gasteiger partial charge < -0.3 is 15.4 Å². The Bertz CT molecular complexity index is 722. The van der Waals surface area contributed by atoms with Crippen LogP contribution in [0.1, 0.15) is 11.4 Å². The number of aromatic hydroxyl groups is 1. The first-order valence-electron chi connectivity index (χ1n) is 6.04. The average Bonchev–Trinajstić information content (AvgIpc) is 2.90. The Hall–Kier alpha value is -2.89. The zero-order chi connectivity index (χ0) is 13.9. The Kier molecular flexibility index (Phi) is 3.04. The van der Waals surface area contributed by atoms with Gasteiger partial charge in [-0.3, -0.25) is 0 Å². The molecule has 0 fully saturated rings. The Balaban J connectivity index is 1.84. The zero-order valence-electron chi connectivity index (χ0n) is 10.5. The molecule has 1 aromatic carbocycles. The molecule has 0 bridgehead atoms. The number of hydrogen-bond donors (Lipinski definition) is 2. The molecule has 6 heteroatoms. The number of nitrogens with two attached hydrogens (primary N) is 1. The van der Waals surface area contributed by atoms with E-state index in [4.69, 9.17) is 10.3 Å². The molecular formula is C14H12N4O2. The number of nitrogen functional groups attached to an aromatic ring is 1. The Morgan fingerprint density at radius 2 is 1.95 bits per heavy atom. The minimum absolute atomic E-state index is 0.226. The van der Waals surface area contributed by atoms with Gasteiger partial charge >= 0.3 is 0 Å². The molecular weight excluding hydrogens is 256 g/mol. The van der Waals surface area contributed by atoms with Crippen molar-refractivity contribution >= 4 is 5.69 Å². The molecule has 3 aromatic rings. The summed E-state index contributed by atoms with van der Waals surface area (Å²) in [5, 5.41) is 13.1. The molecule has 20 heavy (non-hydrogen) atoms. The molecule has 2 aromatic heterocycles. The lowest BCUT2D eigenvalue weighted by Crippen LogP contribution is -1.93.